The standard InChI is InChI=1S/C12H18FNO3S2/c1-12(2,18-3)8-14-19(16,17)11-6-10(13)5-4-9(11)7-15/h4-6,14-15H,7-8H2,1-3H3. The Balaban J connectivity index is 3.04. The largest absolute Gasteiger partial charge is 0.392 e. The number of aliphatic hydroxyl groups is 1. The van der Waals surface area contributed by atoms with Crippen molar-refractivity contribution in [3.63, 3.8) is 0 Å². The predicted octanol–water partition coefficient (Wildman–Crippen LogP) is 1.74. The molecule has 2 N–H and O–H groups in total. The summed E-state index contributed by atoms with van der Waals surface area (Å²) in [6.07, 6.45) is 1.88. The maximum atomic E-state index is 13.2. The zero-order valence-electron chi connectivity index (χ0n) is 11.1. The van der Waals surface area contributed by atoms with Crippen LogP contribution >= 0.6 is 11.8 Å². The number of halogens is 1. The van der Waals surface area contributed by atoms with Crippen LogP contribution in [0.4, 0.5) is 4.39 Å². The second-order valence-electron chi connectivity index (χ2n) is 4.70. The Morgan fingerprint density at radius 3 is 2.58 bits per heavy atom. The highest BCUT2D eigenvalue weighted by Gasteiger charge is 2.23. The van der Waals surface area contributed by atoms with Crippen molar-refractivity contribution >= 4 is 21.8 Å². The molecule has 0 saturated carbocycles. The fraction of sp³-hybridized carbons (Fsp3) is 0.500. The molecule has 0 bridgehead atoms. The SMILES string of the molecule is CSC(C)(C)CNS(=O)(=O)c1cc(F)ccc1CO. The summed E-state index contributed by atoms with van der Waals surface area (Å²) in [4.78, 5) is -0.216. The Morgan fingerprint density at radius 2 is 2.05 bits per heavy atom. The first kappa shape index (κ1) is 16.4. The fourth-order valence-electron chi connectivity index (χ4n) is 1.33. The topological polar surface area (TPSA) is 66.4 Å². The van der Waals surface area contributed by atoms with Crippen LogP contribution in [-0.4, -0.2) is 31.1 Å². The highest BCUT2D eigenvalue weighted by Crippen LogP contribution is 2.22. The maximum Gasteiger partial charge on any atom is 0.241 e. The van der Waals surface area contributed by atoms with E-state index >= 15 is 0 Å². The number of nitrogens with one attached hydrogen (secondary N) is 1. The Kier molecular flexibility index (Phi) is 5.37. The van der Waals surface area contributed by atoms with E-state index in [4.69, 9.17) is 5.11 Å². The number of sulfonamides is 1. The van der Waals surface area contributed by atoms with Crippen LogP contribution in [0.15, 0.2) is 23.1 Å². The zero-order valence-corrected chi connectivity index (χ0v) is 12.7. The smallest absolute Gasteiger partial charge is 0.241 e. The van der Waals surface area contributed by atoms with Crippen molar-refractivity contribution in [1.82, 2.24) is 4.72 Å². The molecule has 0 saturated heterocycles. The van der Waals surface area contributed by atoms with Gasteiger partial charge in [0.15, 0.2) is 0 Å². The van der Waals surface area contributed by atoms with Gasteiger partial charge in [-0.1, -0.05) is 6.07 Å². The lowest BCUT2D eigenvalue weighted by molar-refractivity contribution is 0.278. The predicted molar refractivity (Wildman–Crippen MR) is 75.1 cm³/mol. The summed E-state index contributed by atoms with van der Waals surface area (Å²) in [6, 6.07) is 3.31. The van der Waals surface area contributed by atoms with E-state index in [1.54, 1.807) is 0 Å². The third-order valence-corrected chi connectivity index (χ3v) is 5.46. The fourth-order valence-corrected chi connectivity index (χ4v) is 3.09. The van der Waals surface area contributed by atoms with Gasteiger partial charge < -0.3 is 5.11 Å². The first-order valence-corrected chi connectivity index (χ1v) is 8.37. The Bertz CT molecular complexity index is 544. The Morgan fingerprint density at radius 1 is 1.42 bits per heavy atom. The molecule has 19 heavy (non-hydrogen) atoms. The summed E-state index contributed by atoms with van der Waals surface area (Å²) in [6.45, 7) is 3.57. The lowest BCUT2D eigenvalue weighted by Crippen LogP contribution is -2.36. The molecule has 0 radical (unpaired) electrons. The summed E-state index contributed by atoms with van der Waals surface area (Å²) in [5.74, 6) is -0.651. The molecular formula is C12H18FNO3S2. The lowest BCUT2D eigenvalue weighted by Gasteiger charge is -2.22. The molecule has 0 aromatic heterocycles. The number of hydrogen-bond donors (Lipinski definition) is 2. The quantitative estimate of drug-likeness (QED) is 0.840. The van der Waals surface area contributed by atoms with Gasteiger partial charge in [-0.3, -0.25) is 0 Å². The molecule has 108 valence electrons. The lowest BCUT2D eigenvalue weighted by atomic mass is 10.2. The molecule has 0 atom stereocenters. The summed E-state index contributed by atoms with van der Waals surface area (Å²) < 4.78 is 39.6. The second kappa shape index (κ2) is 6.21. The van der Waals surface area contributed by atoms with Gasteiger partial charge in [0, 0.05) is 11.3 Å². The van der Waals surface area contributed by atoms with Crippen molar-refractivity contribution < 1.29 is 17.9 Å². The molecule has 0 unspecified atom stereocenters. The minimum Gasteiger partial charge on any atom is -0.392 e. The highest BCUT2D eigenvalue weighted by molar-refractivity contribution is 8.00. The zero-order chi connectivity index (χ0) is 14.7. The van der Waals surface area contributed by atoms with Gasteiger partial charge in [-0.25, -0.2) is 17.5 Å². The van der Waals surface area contributed by atoms with Gasteiger partial charge >= 0.3 is 0 Å². The van der Waals surface area contributed by atoms with Crippen LogP contribution in [0.2, 0.25) is 0 Å². The average molecular weight is 307 g/mol. The van der Waals surface area contributed by atoms with Crippen LogP contribution in [0.1, 0.15) is 19.4 Å². The second-order valence-corrected chi connectivity index (χ2v) is 7.95. The molecule has 0 amide bonds. The van der Waals surface area contributed by atoms with Crippen molar-refractivity contribution in [2.24, 2.45) is 0 Å². The molecule has 4 nitrogen and oxygen atoms in total. The molecule has 0 fully saturated rings. The minimum absolute atomic E-state index is 0.177. The van der Waals surface area contributed by atoms with Crippen molar-refractivity contribution in [1.29, 1.82) is 0 Å². The van der Waals surface area contributed by atoms with Gasteiger partial charge in [-0.15, -0.1) is 0 Å². The summed E-state index contributed by atoms with van der Waals surface area (Å²) >= 11 is 1.53. The molecule has 0 aliphatic carbocycles. The number of benzene rings is 1. The first-order valence-electron chi connectivity index (χ1n) is 5.66. The van der Waals surface area contributed by atoms with Gasteiger partial charge in [0.1, 0.15) is 5.82 Å². The van der Waals surface area contributed by atoms with Crippen LogP contribution in [0.5, 0.6) is 0 Å². The van der Waals surface area contributed by atoms with Crippen LogP contribution in [-0.2, 0) is 16.6 Å². The van der Waals surface area contributed by atoms with Crippen LogP contribution in [0.3, 0.4) is 0 Å². The molecule has 7 heteroatoms. The van der Waals surface area contributed by atoms with Crippen LogP contribution in [0.25, 0.3) is 0 Å². The van der Waals surface area contributed by atoms with Crippen molar-refractivity contribution in [3.8, 4) is 0 Å². The van der Waals surface area contributed by atoms with E-state index in [-0.39, 0.29) is 21.8 Å². The monoisotopic (exact) mass is 307 g/mol. The number of thioether (sulfide) groups is 1. The van der Waals surface area contributed by atoms with Crippen LogP contribution < -0.4 is 4.72 Å². The average Bonchev–Trinajstić information content (AvgIpc) is 2.37. The molecule has 0 spiro atoms. The molecule has 1 aromatic carbocycles. The van der Waals surface area contributed by atoms with Gasteiger partial charge in [-0.05, 0) is 37.8 Å². The third-order valence-electron chi connectivity index (χ3n) is 2.73. The minimum atomic E-state index is -3.83. The molecule has 1 rings (SSSR count). The number of aliphatic hydroxyl groups excluding tert-OH is 1. The van der Waals surface area contributed by atoms with E-state index in [1.807, 2.05) is 20.1 Å². The summed E-state index contributed by atoms with van der Waals surface area (Å²) in [5.41, 5.74) is 0.177. The van der Waals surface area contributed by atoms with Gasteiger partial charge in [0.2, 0.25) is 10.0 Å². The van der Waals surface area contributed by atoms with Gasteiger partial charge in [-0.2, -0.15) is 11.8 Å². The summed E-state index contributed by atoms with van der Waals surface area (Å²) in [5, 5.41) is 9.13. The molecule has 1 aromatic rings. The summed E-state index contributed by atoms with van der Waals surface area (Å²) in [7, 11) is -3.83. The Labute approximate surface area is 117 Å². The van der Waals surface area contributed by atoms with E-state index in [2.05, 4.69) is 4.72 Å². The van der Waals surface area contributed by atoms with Crippen molar-refractivity contribution in [2.75, 3.05) is 12.8 Å². The van der Waals surface area contributed by atoms with E-state index in [0.717, 1.165) is 12.1 Å². The Hall–Kier alpha value is -0.630. The van der Waals surface area contributed by atoms with E-state index in [0.29, 0.717) is 0 Å². The molecule has 0 aliphatic heterocycles. The van der Waals surface area contributed by atoms with Crippen molar-refractivity contribution in [3.05, 3.63) is 29.6 Å². The molecule has 0 aliphatic rings. The van der Waals surface area contributed by atoms with E-state index < -0.39 is 22.4 Å². The number of hydrogen-bond acceptors (Lipinski definition) is 4. The van der Waals surface area contributed by atoms with Gasteiger partial charge in [0.25, 0.3) is 0 Å². The first-order chi connectivity index (χ1) is 8.72. The normalized spacial score (nSPS) is 12.7. The van der Waals surface area contributed by atoms with E-state index in [9.17, 15) is 12.8 Å². The molecule has 0 heterocycles. The number of rotatable bonds is 6. The van der Waals surface area contributed by atoms with Gasteiger partial charge in [0.05, 0.1) is 11.5 Å². The van der Waals surface area contributed by atoms with Crippen molar-refractivity contribution in [2.45, 2.75) is 30.1 Å². The molecular weight excluding hydrogens is 289 g/mol. The maximum absolute atomic E-state index is 13.2. The third kappa shape index (κ3) is 4.45. The highest BCUT2D eigenvalue weighted by atomic mass is 32.2. The van der Waals surface area contributed by atoms with E-state index in [1.165, 1.54) is 17.8 Å². The van der Waals surface area contributed by atoms with Crippen LogP contribution in [0, 0.1) is 5.82 Å².